The highest BCUT2D eigenvalue weighted by Crippen LogP contribution is 2.42. The van der Waals surface area contributed by atoms with E-state index in [9.17, 15) is 42.9 Å². The molecule has 0 radical (unpaired) electrons. The SMILES string of the molecule is CC(=O)Nc1cc(CN2CCC(CC#N)(n3cc(C(N)=O)c(NC(=O)C4CC4CS(=O)(=O)Nc4cc(F)cc(CN5CCC(CC#N)(n6cc(C(N)=O)c(NC(=O)C7CC7)n6)CC5)c4)n3)CC2)ccc1Cl. The van der Waals surface area contributed by atoms with Gasteiger partial charge in [0.2, 0.25) is 27.7 Å². The predicted molar refractivity (Wildman–Crippen MR) is 258 cm³/mol. The van der Waals surface area contributed by atoms with Gasteiger partial charge in [-0.2, -0.15) is 20.7 Å². The number of nitrogens with zero attached hydrogens (tertiary/aromatic N) is 8. The highest BCUT2D eigenvalue weighted by Gasteiger charge is 2.47. The number of carbonyl (C=O) groups is 5. The van der Waals surface area contributed by atoms with Crippen molar-refractivity contribution >= 4 is 74.2 Å². The molecule has 2 unspecified atom stereocenters. The van der Waals surface area contributed by atoms with E-state index in [2.05, 4.69) is 47.9 Å². The van der Waals surface area contributed by atoms with Gasteiger partial charge in [-0.3, -0.25) is 47.9 Å². The van der Waals surface area contributed by atoms with Crippen molar-refractivity contribution in [1.29, 1.82) is 10.5 Å². The molecule has 2 aliphatic heterocycles. The summed E-state index contributed by atoms with van der Waals surface area (Å²) in [5.74, 6) is -5.29. The fraction of sp³-hybridized carbons (Fsp3) is 0.468. The van der Waals surface area contributed by atoms with Crippen LogP contribution in [0.15, 0.2) is 48.8 Å². The van der Waals surface area contributed by atoms with E-state index in [1.54, 1.807) is 10.7 Å². The predicted octanol–water partition coefficient (Wildman–Crippen LogP) is 4.20. The van der Waals surface area contributed by atoms with Gasteiger partial charge in [0.1, 0.15) is 16.9 Å². The Labute approximate surface area is 414 Å². The van der Waals surface area contributed by atoms with Crippen molar-refractivity contribution in [2.24, 2.45) is 29.2 Å². The first-order valence-electron chi connectivity index (χ1n) is 23.2. The van der Waals surface area contributed by atoms with Crippen LogP contribution >= 0.6 is 11.6 Å². The smallest absolute Gasteiger partial charge is 0.254 e. The zero-order valence-electron chi connectivity index (χ0n) is 38.9. The summed E-state index contributed by atoms with van der Waals surface area (Å²) in [4.78, 5) is 66.8. The maximum absolute atomic E-state index is 15.0. The Balaban J connectivity index is 0.858. The number of hydrogen-bond donors (Lipinski definition) is 6. The summed E-state index contributed by atoms with van der Waals surface area (Å²) in [5, 5.41) is 37.3. The quantitative estimate of drug-likeness (QED) is 0.0768. The van der Waals surface area contributed by atoms with Crippen LogP contribution in [-0.2, 0) is 48.6 Å². The molecule has 0 spiro atoms. The number of nitrogens with two attached hydrogens (primary N) is 2. The lowest BCUT2D eigenvalue weighted by Gasteiger charge is -2.40. The number of nitriles is 2. The van der Waals surface area contributed by atoms with Crippen molar-refractivity contribution in [3.05, 3.63) is 81.9 Å². The lowest BCUT2D eigenvalue weighted by molar-refractivity contribution is -0.118. The van der Waals surface area contributed by atoms with E-state index in [0.29, 0.717) is 74.7 Å². The Kier molecular flexibility index (Phi) is 14.5. The average molecular weight is 1010 g/mol. The standard InChI is InChI=1S/C47H54ClFN14O7S/c1-28(64)54-39-20-29(2-5-38(39)48)23-60-14-8-46(6-12-50,9-15-60)63-26-37(41(53)66)43(58-63)56-45(68)35-21-32(35)27-71(69,70)59-34-19-30(18-33(49)22-34)24-61-16-10-47(7-13-51,11-17-61)62-25-36(40(52)65)42(57-62)55-44(67)31-3-4-31/h2,5,18-20,22,25-26,31-32,35,59H,3-4,6-11,14-17,21,23-24,27H2,1H3,(H2,52,65)(H2,53,66)(H,54,64)(H,55,57,67)(H,56,58,68). The molecule has 4 aromatic rings. The van der Waals surface area contributed by atoms with Gasteiger partial charge in [-0.1, -0.05) is 17.7 Å². The molecule has 8 rings (SSSR count). The summed E-state index contributed by atoms with van der Waals surface area (Å²) in [7, 11) is -4.09. The highest BCUT2D eigenvalue weighted by atomic mass is 35.5. The third-order valence-electron chi connectivity index (χ3n) is 13.8. The molecule has 8 N–H and O–H groups in total. The second-order valence-corrected chi connectivity index (χ2v) is 21.3. The van der Waals surface area contributed by atoms with Crippen molar-refractivity contribution in [2.75, 3.05) is 52.6 Å². The molecular weight excluding hydrogens is 959 g/mol. The Morgan fingerprint density at radius 3 is 1.83 bits per heavy atom. The van der Waals surface area contributed by atoms with E-state index >= 15 is 4.39 Å². The minimum atomic E-state index is -4.09. The molecule has 374 valence electrons. The third kappa shape index (κ3) is 11.8. The number of hydrogen-bond acceptors (Lipinski definition) is 13. The van der Waals surface area contributed by atoms with E-state index < -0.39 is 62.2 Å². The van der Waals surface area contributed by atoms with Crippen LogP contribution in [0.25, 0.3) is 0 Å². The molecule has 5 amide bonds. The summed E-state index contributed by atoms with van der Waals surface area (Å²) in [5.41, 5.74) is 11.6. The molecule has 4 fully saturated rings. The van der Waals surface area contributed by atoms with Crippen LogP contribution in [0, 0.1) is 46.2 Å². The number of benzene rings is 2. The minimum absolute atomic E-state index is 0.00337. The number of piperidine rings is 2. The third-order valence-corrected chi connectivity index (χ3v) is 15.6. The summed E-state index contributed by atoms with van der Waals surface area (Å²) < 4.78 is 47.4. The Morgan fingerprint density at radius 2 is 1.32 bits per heavy atom. The lowest BCUT2D eigenvalue weighted by Crippen LogP contribution is -2.46. The molecule has 4 heterocycles. The van der Waals surface area contributed by atoms with Gasteiger partial charge < -0.3 is 27.4 Å². The largest absolute Gasteiger partial charge is 0.365 e. The second-order valence-electron chi connectivity index (χ2n) is 19.2. The first kappa shape index (κ1) is 50.5. The summed E-state index contributed by atoms with van der Waals surface area (Å²) in [6.07, 6.45) is 6.54. The van der Waals surface area contributed by atoms with E-state index in [1.807, 2.05) is 17.0 Å². The zero-order chi connectivity index (χ0) is 50.8. The van der Waals surface area contributed by atoms with Gasteiger partial charge in [-0.15, -0.1) is 0 Å². The van der Waals surface area contributed by atoms with Crippen molar-refractivity contribution < 1.29 is 36.8 Å². The number of halogens is 2. The van der Waals surface area contributed by atoms with Crippen molar-refractivity contribution in [3.63, 3.8) is 0 Å². The number of anilines is 4. The fourth-order valence-electron chi connectivity index (χ4n) is 9.60. The van der Waals surface area contributed by atoms with E-state index in [0.717, 1.165) is 24.5 Å². The van der Waals surface area contributed by atoms with Gasteiger partial charge in [-0.05, 0) is 92.3 Å². The number of rotatable bonds is 19. The summed E-state index contributed by atoms with van der Waals surface area (Å²) >= 11 is 6.26. The number of sulfonamides is 1. The highest BCUT2D eigenvalue weighted by molar-refractivity contribution is 7.92. The second kappa shape index (κ2) is 20.4. The van der Waals surface area contributed by atoms with Crippen molar-refractivity contribution in [3.8, 4) is 12.1 Å². The molecule has 21 nitrogen and oxygen atoms in total. The molecule has 2 aliphatic carbocycles. The minimum Gasteiger partial charge on any atom is -0.365 e. The Bertz CT molecular complexity index is 2960. The summed E-state index contributed by atoms with van der Waals surface area (Å²) in [6.45, 7) is 4.19. The van der Waals surface area contributed by atoms with Gasteiger partial charge in [0.25, 0.3) is 11.8 Å². The molecule has 0 bridgehead atoms. The molecule has 2 aromatic carbocycles. The molecule has 2 saturated carbocycles. The van der Waals surface area contributed by atoms with E-state index in [-0.39, 0.29) is 72.0 Å². The van der Waals surface area contributed by atoms with Crippen LogP contribution in [0.5, 0.6) is 0 Å². The molecule has 2 saturated heterocycles. The molecule has 71 heavy (non-hydrogen) atoms. The lowest BCUT2D eigenvalue weighted by atomic mass is 9.84. The number of primary amides is 2. The van der Waals surface area contributed by atoms with E-state index in [1.165, 1.54) is 36.1 Å². The number of carbonyl (C=O) groups excluding carboxylic acids is 5. The molecule has 2 aromatic heterocycles. The topological polar surface area (TPSA) is 309 Å². The van der Waals surface area contributed by atoms with Crippen LogP contribution in [0.4, 0.5) is 27.4 Å². The monoisotopic (exact) mass is 1010 g/mol. The van der Waals surface area contributed by atoms with Gasteiger partial charge in [0, 0.05) is 70.4 Å². The average Bonchev–Trinajstić information content (AvgIpc) is 4.21. The van der Waals surface area contributed by atoms with Gasteiger partial charge in [0.05, 0.1) is 58.2 Å². The Morgan fingerprint density at radius 1 is 0.789 bits per heavy atom. The van der Waals surface area contributed by atoms with Gasteiger partial charge in [0.15, 0.2) is 11.6 Å². The maximum Gasteiger partial charge on any atom is 0.254 e. The van der Waals surface area contributed by atoms with Crippen LogP contribution in [0.1, 0.15) is 96.6 Å². The van der Waals surface area contributed by atoms with Gasteiger partial charge >= 0.3 is 0 Å². The van der Waals surface area contributed by atoms with Crippen molar-refractivity contribution in [1.82, 2.24) is 29.4 Å². The number of amides is 5. The Hall–Kier alpha value is -6.92. The van der Waals surface area contributed by atoms with Crippen LogP contribution < -0.4 is 32.1 Å². The molecule has 4 aliphatic rings. The fourth-order valence-corrected chi connectivity index (χ4v) is 11.3. The zero-order valence-corrected chi connectivity index (χ0v) is 40.5. The van der Waals surface area contributed by atoms with Crippen LogP contribution in [-0.4, -0.2) is 99.2 Å². The number of aromatic nitrogens is 4. The first-order valence-corrected chi connectivity index (χ1v) is 25.3. The molecular formula is C47H54ClFN14O7S. The van der Waals surface area contributed by atoms with Crippen LogP contribution in [0.2, 0.25) is 5.02 Å². The number of likely N-dealkylation sites (tertiary alicyclic amines) is 2. The normalized spacial score (nSPS) is 19.7. The first-order chi connectivity index (χ1) is 33.8. The van der Waals surface area contributed by atoms with E-state index in [4.69, 9.17) is 23.1 Å². The number of nitrogens with one attached hydrogen (secondary N) is 4. The summed E-state index contributed by atoms with van der Waals surface area (Å²) in [6, 6.07) is 13.8. The maximum atomic E-state index is 15.0. The molecule has 2 atom stereocenters. The van der Waals surface area contributed by atoms with Gasteiger partial charge in [-0.25, -0.2) is 12.8 Å². The van der Waals surface area contributed by atoms with Crippen LogP contribution in [0.3, 0.4) is 0 Å². The molecule has 24 heteroatoms. The van der Waals surface area contributed by atoms with Crippen molar-refractivity contribution in [2.45, 2.75) is 88.9 Å².